The predicted molar refractivity (Wildman–Crippen MR) is 96.4 cm³/mol. The number of esters is 1. The van der Waals surface area contributed by atoms with E-state index in [-0.39, 0.29) is 11.8 Å². The lowest BCUT2D eigenvalue weighted by Gasteiger charge is -2.21. The Bertz CT molecular complexity index is 602. The largest absolute Gasteiger partial charge is 0.451 e. The molecular weight excluding hydrogens is 344 g/mol. The van der Waals surface area contributed by atoms with Crippen molar-refractivity contribution in [2.45, 2.75) is 46.3 Å². The van der Waals surface area contributed by atoms with Crippen LogP contribution in [0.15, 0.2) is 24.3 Å². The molecule has 138 valence electrons. The van der Waals surface area contributed by atoms with E-state index in [0.717, 1.165) is 0 Å². The molecule has 0 aliphatic heterocycles. The number of carbonyl (C=O) groups excluding carboxylic acids is 3. The number of rotatable bonds is 8. The van der Waals surface area contributed by atoms with Crippen LogP contribution in [0.25, 0.3) is 0 Å². The van der Waals surface area contributed by atoms with E-state index in [1.807, 2.05) is 13.8 Å². The fraction of sp³-hybridized carbons (Fsp3) is 0.500. The van der Waals surface area contributed by atoms with Crippen molar-refractivity contribution in [1.29, 1.82) is 0 Å². The first-order chi connectivity index (χ1) is 11.7. The van der Waals surface area contributed by atoms with Crippen molar-refractivity contribution in [1.82, 2.24) is 10.6 Å². The lowest BCUT2D eigenvalue weighted by molar-refractivity contribution is -0.156. The van der Waals surface area contributed by atoms with Gasteiger partial charge in [-0.05, 0) is 50.5 Å². The van der Waals surface area contributed by atoms with Crippen LogP contribution in [-0.2, 0) is 14.3 Å². The van der Waals surface area contributed by atoms with Gasteiger partial charge in [0.05, 0.1) is 0 Å². The van der Waals surface area contributed by atoms with Gasteiger partial charge in [-0.25, -0.2) is 4.79 Å². The van der Waals surface area contributed by atoms with E-state index in [2.05, 4.69) is 10.6 Å². The molecule has 0 heterocycles. The molecule has 0 unspecified atom stereocenters. The molecule has 6 nitrogen and oxygen atoms in total. The Hall–Kier alpha value is -2.08. The number of carbonyl (C=O) groups is 3. The van der Waals surface area contributed by atoms with E-state index in [1.165, 1.54) is 6.92 Å². The second kappa shape index (κ2) is 10.0. The zero-order valence-corrected chi connectivity index (χ0v) is 15.7. The molecule has 1 aromatic rings. The first-order valence-corrected chi connectivity index (χ1v) is 8.67. The summed E-state index contributed by atoms with van der Waals surface area (Å²) < 4.78 is 5.20. The lowest BCUT2D eigenvalue weighted by atomic mass is 10.0. The molecule has 2 amide bonds. The van der Waals surface area contributed by atoms with Crippen LogP contribution in [0.3, 0.4) is 0 Å². The molecule has 2 atom stereocenters. The minimum atomic E-state index is -0.922. The van der Waals surface area contributed by atoms with Crippen molar-refractivity contribution in [3.8, 4) is 0 Å². The number of hydrogen-bond donors (Lipinski definition) is 2. The first kappa shape index (κ1) is 21.0. The summed E-state index contributed by atoms with van der Waals surface area (Å²) in [5.41, 5.74) is 0.391. The number of amides is 2. The molecular formula is C18H25ClN2O4. The second-order valence-corrected chi connectivity index (χ2v) is 6.57. The van der Waals surface area contributed by atoms with Gasteiger partial charge in [0.2, 0.25) is 0 Å². The lowest BCUT2D eigenvalue weighted by Crippen LogP contribution is -2.45. The van der Waals surface area contributed by atoms with Gasteiger partial charge in [0.1, 0.15) is 6.04 Å². The average Bonchev–Trinajstić information content (AvgIpc) is 2.54. The highest BCUT2D eigenvalue weighted by molar-refractivity contribution is 6.30. The molecule has 7 heteroatoms. The van der Waals surface area contributed by atoms with Gasteiger partial charge < -0.3 is 15.4 Å². The molecule has 0 aliphatic carbocycles. The fourth-order valence-electron chi connectivity index (χ4n) is 2.16. The van der Waals surface area contributed by atoms with Crippen LogP contribution in [-0.4, -0.2) is 36.5 Å². The maximum absolute atomic E-state index is 12.4. The van der Waals surface area contributed by atoms with Crippen LogP contribution < -0.4 is 10.6 Å². The fourth-order valence-corrected chi connectivity index (χ4v) is 2.28. The third-order valence-electron chi connectivity index (χ3n) is 3.42. The highest BCUT2D eigenvalue weighted by Crippen LogP contribution is 2.12. The number of ether oxygens (including phenoxy) is 1. The Balaban J connectivity index is 2.78. The minimum absolute atomic E-state index is 0.155. The van der Waals surface area contributed by atoms with Gasteiger partial charge in [-0.2, -0.15) is 0 Å². The second-order valence-electron chi connectivity index (χ2n) is 6.14. The van der Waals surface area contributed by atoms with Crippen molar-refractivity contribution in [2.75, 3.05) is 6.54 Å². The molecule has 1 rings (SSSR count). The van der Waals surface area contributed by atoms with E-state index in [0.29, 0.717) is 23.6 Å². The zero-order chi connectivity index (χ0) is 19.0. The van der Waals surface area contributed by atoms with Crippen molar-refractivity contribution in [2.24, 2.45) is 5.92 Å². The van der Waals surface area contributed by atoms with Crippen LogP contribution >= 0.6 is 11.6 Å². The van der Waals surface area contributed by atoms with Gasteiger partial charge in [-0.15, -0.1) is 0 Å². The molecule has 0 saturated heterocycles. The molecule has 0 bridgehead atoms. The Morgan fingerprint density at radius 3 is 2.24 bits per heavy atom. The molecule has 0 aromatic heterocycles. The van der Waals surface area contributed by atoms with Gasteiger partial charge in [0.15, 0.2) is 6.10 Å². The summed E-state index contributed by atoms with van der Waals surface area (Å²) >= 11 is 5.81. The Kier molecular flexibility index (Phi) is 8.41. The van der Waals surface area contributed by atoms with Crippen molar-refractivity contribution in [3.63, 3.8) is 0 Å². The maximum Gasteiger partial charge on any atom is 0.329 e. The van der Waals surface area contributed by atoms with E-state index < -0.39 is 24.0 Å². The number of benzene rings is 1. The third-order valence-corrected chi connectivity index (χ3v) is 3.67. The van der Waals surface area contributed by atoms with Crippen LogP contribution in [0, 0.1) is 5.92 Å². The van der Waals surface area contributed by atoms with Crippen molar-refractivity contribution < 1.29 is 19.1 Å². The topological polar surface area (TPSA) is 84.5 Å². The smallest absolute Gasteiger partial charge is 0.329 e. The molecule has 25 heavy (non-hydrogen) atoms. The third kappa shape index (κ3) is 7.13. The monoisotopic (exact) mass is 368 g/mol. The normalized spacial score (nSPS) is 13.0. The van der Waals surface area contributed by atoms with Crippen LogP contribution in [0.2, 0.25) is 5.02 Å². The average molecular weight is 369 g/mol. The summed E-state index contributed by atoms with van der Waals surface area (Å²) in [5.74, 6) is -1.24. The summed E-state index contributed by atoms with van der Waals surface area (Å²) in [5, 5.41) is 5.78. The van der Waals surface area contributed by atoms with Gasteiger partial charge in [0.25, 0.3) is 11.8 Å². The first-order valence-electron chi connectivity index (χ1n) is 8.29. The standard InChI is InChI=1S/C18H25ClN2O4/c1-5-20-16(22)12(4)25-18(24)15(10-11(2)3)21-17(23)13-6-8-14(19)9-7-13/h6-9,11-12,15H,5,10H2,1-4H3,(H,20,22)(H,21,23)/t12-,15-/m0/s1. The highest BCUT2D eigenvalue weighted by atomic mass is 35.5. The van der Waals surface area contributed by atoms with E-state index in [9.17, 15) is 14.4 Å². The van der Waals surface area contributed by atoms with Crippen LogP contribution in [0.5, 0.6) is 0 Å². The van der Waals surface area contributed by atoms with E-state index in [1.54, 1.807) is 31.2 Å². The molecule has 0 aliphatic rings. The van der Waals surface area contributed by atoms with Crippen molar-refractivity contribution >= 4 is 29.4 Å². The molecule has 0 fully saturated rings. The zero-order valence-electron chi connectivity index (χ0n) is 15.0. The summed E-state index contributed by atoms with van der Waals surface area (Å²) in [7, 11) is 0. The quantitative estimate of drug-likeness (QED) is 0.690. The van der Waals surface area contributed by atoms with E-state index >= 15 is 0 Å². The summed E-state index contributed by atoms with van der Waals surface area (Å²) in [6, 6.07) is 5.52. The number of likely N-dealkylation sites (N-methyl/N-ethyl adjacent to an activating group) is 1. The minimum Gasteiger partial charge on any atom is -0.451 e. The number of hydrogen-bond acceptors (Lipinski definition) is 4. The van der Waals surface area contributed by atoms with Gasteiger partial charge in [-0.1, -0.05) is 25.4 Å². The summed E-state index contributed by atoms with van der Waals surface area (Å²) in [6.07, 6.45) is -0.519. The number of halogens is 1. The Morgan fingerprint density at radius 1 is 1.12 bits per heavy atom. The number of nitrogens with one attached hydrogen (secondary N) is 2. The highest BCUT2D eigenvalue weighted by Gasteiger charge is 2.27. The van der Waals surface area contributed by atoms with Gasteiger partial charge in [0, 0.05) is 17.1 Å². The summed E-state index contributed by atoms with van der Waals surface area (Å²) in [4.78, 5) is 36.4. The Labute approximate surface area is 153 Å². The van der Waals surface area contributed by atoms with Crippen LogP contribution in [0.4, 0.5) is 0 Å². The summed E-state index contributed by atoms with van der Waals surface area (Å²) in [6.45, 7) is 7.59. The van der Waals surface area contributed by atoms with Crippen LogP contribution in [0.1, 0.15) is 44.5 Å². The maximum atomic E-state index is 12.4. The molecule has 0 saturated carbocycles. The molecule has 2 N–H and O–H groups in total. The molecule has 1 aromatic carbocycles. The predicted octanol–water partition coefficient (Wildman–Crippen LogP) is 2.55. The SMILES string of the molecule is CCNC(=O)[C@H](C)OC(=O)[C@H](CC(C)C)NC(=O)c1ccc(Cl)cc1. The van der Waals surface area contributed by atoms with Crippen molar-refractivity contribution in [3.05, 3.63) is 34.9 Å². The van der Waals surface area contributed by atoms with E-state index in [4.69, 9.17) is 16.3 Å². The van der Waals surface area contributed by atoms with Gasteiger partial charge in [-0.3, -0.25) is 9.59 Å². The Morgan fingerprint density at radius 2 is 1.72 bits per heavy atom. The molecule has 0 spiro atoms. The van der Waals surface area contributed by atoms with Gasteiger partial charge >= 0.3 is 5.97 Å². The molecule has 0 radical (unpaired) electrons.